The fourth-order valence-corrected chi connectivity index (χ4v) is 2.17. The van der Waals surface area contributed by atoms with Crippen molar-refractivity contribution >= 4 is 27.3 Å². The molecule has 0 amide bonds. The Morgan fingerprint density at radius 3 is 2.42 bits per heavy atom. The Hall–Kier alpha value is -1.99. The third-order valence-corrected chi connectivity index (χ3v) is 3.39. The fraction of sp³-hybridized carbons (Fsp3) is 0.133. The second-order valence-corrected chi connectivity index (χ2v) is 4.95. The summed E-state index contributed by atoms with van der Waals surface area (Å²) in [6.07, 6.45) is 0. The van der Waals surface area contributed by atoms with Crippen LogP contribution in [0, 0.1) is 11.3 Å². The number of methoxy groups -OCH3 is 1. The van der Waals surface area contributed by atoms with Crippen LogP contribution in [0.3, 0.4) is 0 Å². The van der Waals surface area contributed by atoms with E-state index in [1.54, 1.807) is 13.2 Å². The Labute approximate surface area is 121 Å². The van der Waals surface area contributed by atoms with Crippen molar-refractivity contribution in [2.75, 3.05) is 19.1 Å². The highest BCUT2D eigenvalue weighted by atomic mass is 79.9. The number of hydrogen-bond donors (Lipinski definition) is 0. The number of nitrogens with zero attached hydrogens (tertiary/aromatic N) is 2. The summed E-state index contributed by atoms with van der Waals surface area (Å²) in [6, 6.07) is 15.5. The number of anilines is 2. The monoisotopic (exact) mass is 316 g/mol. The van der Waals surface area contributed by atoms with Crippen LogP contribution in [-0.4, -0.2) is 14.2 Å². The standard InChI is InChI=1S/C15H13BrN2O/c1-18(13-5-7-14(19-2)8-6-13)15-9-12(16)4-3-11(15)10-17/h3-9H,1-2H3. The lowest BCUT2D eigenvalue weighted by molar-refractivity contribution is 0.415. The minimum Gasteiger partial charge on any atom is -0.497 e. The molecule has 0 saturated carbocycles. The molecule has 3 nitrogen and oxygen atoms in total. The molecule has 0 N–H and O–H groups in total. The van der Waals surface area contributed by atoms with Gasteiger partial charge in [-0.3, -0.25) is 0 Å². The summed E-state index contributed by atoms with van der Waals surface area (Å²) in [4.78, 5) is 1.97. The van der Waals surface area contributed by atoms with Crippen LogP contribution in [-0.2, 0) is 0 Å². The summed E-state index contributed by atoms with van der Waals surface area (Å²) in [6.45, 7) is 0. The van der Waals surface area contributed by atoms with Gasteiger partial charge in [0.25, 0.3) is 0 Å². The first-order valence-electron chi connectivity index (χ1n) is 5.73. The number of hydrogen-bond acceptors (Lipinski definition) is 3. The molecule has 0 atom stereocenters. The van der Waals surface area contributed by atoms with Gasteiger partial charge in [0.1, 0.15) is 11.8 Å². The van der Waals surface area contributed by atoms with Crippen molar-refractivity contribution < 1.29 is 4.74 Å². The van der Waals surface area contributed by atoms with Crippen molar-refractivity contribution in [2.24, 2.45) is 0 Å². The van der Waals surface area contributed by atoms with E-state index < -0.39 is 0 Å². The van der Waals surface area contributed by atoms with Gasteiger partial charge >= 0.3 is 0 Å². The molecule has 2 rings (SSSR count). The van der Waals surface area contributed by atoms with E-state index in [1.807, 2.05) is 48.3 Å². The van der Waals surface area contributed by atoms with Gasteiger partial charge in [-0.15, -0.1) is 0 Å². The van der Waals surface area contributed by atoms with E-state index in [0.717, 1.165) is 21.6 Å². The molecule has 4 heteroatoms. The predicted octanol–water partition coefficient (Wildman–Crippen LogP) is 4.10. The summed E-state index contributed by atoms with van der Waals surface area (Å²) in [7, 11) is 3.57. The SMILES string of the molecule is COc1ccc(N(C)c2cc(Br)ccc2C#N)cc1. The van der Waals surface area contributed by atoms with Crippen molar-refractivity contribution in [3.8, 4) is 11.8 Å². The summed E-state index contributed by atoms with van der Waals surface area (Å²) in [5, 5.41) is 9.18. The lowest BCUT2D eigenvalue weighted by Crippen LogP contribution is -2.11. The van der Waals surface area contributed by atoms with Crippen LogP contribution >= 0.6 is 15.9 Å². The van der Waals surface area contributed by atoms with Gasteiger partial charge in [-0.1, -0.05) is 15.9 Å². The molecular weight excluding hydrogens is 304 g/mol. The molecular formula is C15H13BrN2O. The number of rotatable bonds is 3. The Morgan fingerprint density at radius 1 is 1.16 bits per heavy atom. The largest absolute Gasteiger partial charge is 0.497 e. The van der Waals surface area contributed by atoms with E-state index in [-0.39, 0.29) is 0 Å². The van der Waals surface area contributed by atoms with Gasteiger partial charge in [0.15, 0.2) is 0 Å². The second-order valence-electron chi connectivity index (χ2n) is 4.03. The third kappa shape index (κ3) is 2.88. The molecule has 0 aliphatic rings. The van der Waals surface area contributed by atoms with Gasteiger partial charge in [-0.25, -0.2) is 0 Å². The normalized spacial score (nSPS) is 9.79. The molecule has 2 aromatic rings. The van der Waals surface area contributed by atoms with E-state index in [1.165, 1.54) is 0 Å². The van der Waals surface area contributed by atoms with Gasteiger partial charge < -0.3 is 9.64 Å². The average Bonchev–Trinajstić information content (AvgIpc) is 2.46. The molecule has 0 saturated heterocycles. The first-order chi connectivity index (χ1) is 9.15. The fourth-order valence-electron chi connectivity index (χ4n) is 1.82. The van der Waals surface area contributed by atoms with Crippen molar-refractivity contribution in [1.82, 2.24) is 0 Å². The topological polar surface area (TPSA) is 36.3 Å². The Kier molecular flexibility index (Phi) is 4.08. The smallest absolute Gasteiger partial charge is 0.119 e. The van der Waals surface area contributed by atoms with E-state index in [9.17, 15) is 5.26 Å². The lowest BCUT2D eigenvalue weighted by Gasteiger charge is -2.21. The average molecular weight is 317 g/mol. The second kappa shape index (κ2) is 5.77. The van der Waals surface area contributed by atoms with Crippen LogP contribution in [0.5, 0.6) is 5.75 Å². The molecule has 2 aromatic carbocycles. The highest BCUT2D eigenvalue weighted by Gasteiger charge is 2.10. The van der Waals surface area contributed by atoms with Crippen LogP contribution < -0.4 is 9.64 Å². The highest BCUT2D eigenvalue weighted by molar-refractivity contribution is 9.10. The van der Waals surface area contributed by atoms with Crippen LogP contribution in [0.4, 0.5) is 11.4 Å². The quantitative estimate of drug-likeness (QED) is 0.855. The van der Waals surface area contributed by atoms with Crippen molar-refractivity contribution in [3.05, 3.63) is 52.5 Å². The zero-order chi connectivity index (χ0) is 13.8. The van der Waals surface area contributed by atoms with Crippen LogP contribution in [0.25, 0.3) is 0 Å². The first kappa shape index (κ1) is 13.4. The highest BCUT2D eigenvalue weighted by Crippen LogP contribution is 2.30. The van der Waals surface area contributed by atoms with E-state index in [4.69, 9.17) is 4.74 Å². The number of ether oxygens (including phenoxy) is 1. The first-order valence-corrected chi connectivity index (χ1v) is 6.52. The van der Waals surface area contributed by atoms with Crippen molar-refractivity contribution in [2.45, 2.75) is 0 Å². The molecule has 0 unspecified atom stereocenters. The molecule has 0 fully saturated rings. The van der Waals surface area contributed by atoms with Gasteiger partial charge in [0.2, 0.25) is 0 Å². The minimum absolute atomic E-state index is 0.640. The summed E-state index contributed by atoms with van der Waals surface area (Å²) in [5.74, 6) is 0.812. The maximum Gasteiger partial charge on any atom is 0.119 e. The maximum atomic E-state index is 9.18. The molecule has 0 radical (unpaired) electrons. The molecule has 0 heterocycles. The Bertz CT molecular complexity index is 617. The summed E-state index contributed by atoms with van der Waals surface area (Å²) >= 11 is 3.43. The summed E-state index contributed by atoms with van der Waals surface area (Å²) in [5.41, 5.74) is 2.50. The number of benzene rings is 2. The number of nitriles is 1. The molecule has 0 bridgehead atoms. The van der Waals surface area contributed by atoms with Gasteiger partial charge in [-0.05, 0) is 42.5 Å². The molecule has 0 aliphatic heterocycles. The molecule has 96 valence electrons. The van der Waals surface area contributed by atoms with E-state index >= 15 is 0 Å². The Balaban J connectivity index is 2.40. The van der Waals surface area contributed by atoms with Crippen molar-refractivity contribution in [1.29, 1.82) is 5.26 Å². The van der Waals surface area contributed by atoms with Crippen LogP contribution in [0.2, 0.25) is 0 Å². The maximum absolute atomic E-state index is 9.18. The van der Waals surface area contributed by atoms with Gasteiger partial charge in [0, 0.05) is 17.2 Å². The van der Waals surface area contributed by atoms with E-state index in [2.05, 4.69) is 22.0 Å². The Morgan fingerprint density at radius 2 is 1.84 bits per heavy atom. The molecule has 19 heavy (non-hydrogen) atoms. The lowest BCUT2D eigenvalue weighted by atomic mass is 10.1. The molecule has 0 spiro atoms. The number of halogens is 1. The van der Waals surface area contributed by atoms with Crippen molar-refractivity contribution in [3.63, 3.8) is 0 Å². The minimum atomic E-state index is 0.640. The van der Waals surface area contributed by atoms with Gasteiger partial charge in [-0.2, -0.15) is 5.26 Å². The van der Waals surface area contributed by atoms with Crippen LogP contribution in [0.1, 0.15) is 5.56 Å². The summed E-state index contributed by atoms with van der Waals surface area (Å²) < 4.78 is 6.09. The molecule has 0 aliphatic carbocycles. The molecule has 0 aromatic heterocycles. The zero-order valence-electron chi connectivity index (χ0n) is 10.7. The zero-order valence-corrected chi connectivity index (χ0v) is 12.3. The predicted molar refractivity (Wildman–Crippen MR) is 79.9 cm³/mol. The van der Waals surface area contributed by atoms with Crippen LogP contribution in [0.15, 0.2) is 46.9 Å². The van der Waals surface area contributed by atoms with Gasteiger partial charge in [0.05, 0.1) is 18.4 Å². The van der Waals surface area contributed by atoms with E-state index in [0.29, 0.717) is 5.56 Å². The third-order valence-electron chi connectivity index (χ3n) is 2.90.